The minimum atomic E-state index is -0.271. The summed E-state index contributed by atoms with van der Waals surface area (Å²) in [7, 11) is 0. The number of nitrogens with one attached hydrogen (secondary N) is 1. The van der Waals surface area contributed by atoms with Gasteiger partial charge in [-0.3, -0.25) is 14.7 Å². The van der Waals surface area contributed by atoms with E-state index in [0.717, 1.165) is 48.9 Å². The van der Waals surface area contributed by atoms with Crippen molar-refractivity contribution in [2.45, 2.75) is 31.8 Å². The van der Waals surface area contributed by atoms with Gasteiger partial charge in [-0.2, -0.15) is 0 Å². The van der Waals surface area contributed by atoms with Crippen molar-refractivity contribution in [1.82, 2.24) is 20.4 Å². The summed E-state index contributed by atoms with van der Waals surface area (Å²) in [4.78, 5) is 18.9. The number of carbonyl (C=O) groups excluding carboxylic acids is 1. The first-order valence-corrected chi connectivity index (χ1v) is 10.2. The molecule has 1 fully saturated rings. The molecule has 0 spiro atoms. The maximum atomic E-state index is 12.3. The van der Waals surface area contributed by atoms with Crippen LogP contribution >= 0.6 is 11.6 Å². The van der Waals surface area contributed by atoms with E-state index in [0.29, 0.717) is 12.5 Å². The summed E-state index contributed by atoms with van der Waals surface area (Å²) in [5.74, 6) is 0.289. The van der Waals surface area contributed by atoms with Gasteiger partial charge in [0.25, 0.3) is 5.91 Å². The molecule has 2 aromatic heterocycles. The molecule has 0 radical (unpaired) electrons. The molecule has 29 heavy (non-hydrogen) atoms. The summed E-state index contributed by atoms with van der Waals surface area (Å²) >= 11 is 6.08. The first-order chi connectivity index (χ1) is 14.2. The molecule has 0 saturated carbocycles. The van der Waals surface area contributed by atoms with Gasteiger partial charge in [0, 0.05) is 29.7 Å². The molecule has 3 aromatic rings. The lowest BCUT2D eigenvalue weighted by molar-refractivity contribution is 0.0913. The van der Waals surface area contributed by atoms with E-state index < -0.39 is 0 Å². The molecule has 4 rings (SSSR count). The maximum absolute atomic E-state index is 12.3. The molecule has 1 N–H and O–H groups in total. The van der Waals surface area contributed by atoms with Crippen molar-refractivity contribution in [3.8, 4) is 0 Å². The van der Waals surface area contributed by atoms with E-state index in [-0.39, 0.29) is 11.7 Å². The smallest absolute Gasteiger partial charge is 0.290 e. The Balaban J connectivity index is 1.28. The Kier molecular flexibility index (Phi) is 6.22. The first kappa shape index (κ1) is 19.6. The average Bonchev–Trinajstić information content (AvgIpc) is 3.24. The van der Waals surface area contributed by atoms with Crippen LogP contribution in [0, 0.1) is 0 Å². The number of hydrogen-bond acceptors (Lipinski definition) is 5. The fourth-order valence-electron chi connectivity index (χ4n) is 3.63. The van der Waals surface area contributed by atoms with E-state index >= 15 is 0 Å². The monoisotopic (exact) mass is 410 g/mol. The molecule has 1 aliphatic heterocycles. The van der Waals surface area contributed by atoms with Gasteiger partial charge < -0.3 is 9.84 Å². The standard InChI is InChI=1S/C22H23ClN4O2/c23-18-5-3-4-16(12-18)15-27-10-7-17(8-11-27)20-13-21(29-26-20)22(28)25-14-19-6-1-2-9-24-19/h1-6,9,12-13,17H,7-8,10-11,14-15H2,(H,25,28). The van der Waals surface area contributed by atoms with Crippen molar-refractivity contribution in [2.24, 2.45) is 0 Å². The third-order valence-electron chi connectivity index (χ3n) is 5.21. The van der Waals surface area contributed by atoms with Gasteiger partial charge in [0.2, 0.25) is 5.76 Å². The van der Waals surface area contributed by atoms with Gasteiger partial charge in [-0.15, -0.1) is 0 Å². The lowest BCUT2D eigenvalue weighted by atomic mass is 9.93. The first-order valence-electron chi connectivity index (χ1n) is 9.79. The molecule has 0 atom stereocenters. The highest BCUT2D eigenvalue weighted by atomic mass is 35.5. The molecule has 0 aliphatic carbocycles. The lowest BCUT2D eigenvalue weighted by Crippen LogP contribution is -2.32. The summed E-state index contributed by atoms with van der Waals surface area (Å²) in [5, 5.41) is 7.74. The topological polar surface area (TPSA) is 71.3 Å². The number of amides is 1. The third-order valence-corrected chi connectivity index (χ3v) is 5.44. The molecule has 6 nitrogen and oxygen atoms in total. The van der Waals surface area contributed by atoms with Crippen LogP contribution in [0.1, 0.15) is 46.3 Å². The fraction of sp³-hybridized carbons (Fsp3) is 0.318. The number of benzene rings is 1. The Morgan fingerprint density at radius 1 is 1.17 bits per heavy atom. The Hall–Kier alpha value is -2.70. The molecule has 7 heteroatoms. The van der Waals surface area contributed by atoms with E-state index in [4.69, 9.17) is 16.1 Å². The number of piperidine rings is 1. The predicted octanol–water partition coefficient (Wildman–Crippen LogP) is 4.03. The maximum Gasteiger partial charge on any atom is 0.290 e. The van der Waals surface area contributed by atoms with Crippen LogP contribution in [-0.4, -0.2) is 34.0 Å². The van der Waals surface area contributed by atoms with E-state index in [1.165, 1.54) is 5.56 Å². The van der Waals surface area contributed by atoms with Crippen LogP contribution in [-0.2, 0) is 13.1 Å². The van der Waals surface area contributed by atoms with Crippen LogP contribution in [0.3, 0.4) is 0 Å². The second-order valence-corrected chi connectivity index (χ2v) is 7.74. The van der Waals surface area contributed by atoms with Crippen molar-refractivity contribution in [3.05, 3.63) is 82.5 Å². The zero-order chi connectivity index (χ0) is 20.1. The lowest BCUT2D eigenvalue weighted by Gasteiger charge is -2.31. The molecule has 150 valence electrons. The molecule has 1 amide bonds. The normalized spacial score (nSPS) is 15.3. The second kappa shape index (κ2) is 9.20. The Labute approximate surface area is 174 Å². The van der Waals surface area contributed by atoms with Crippen LogP contribution in [0.2, 0.25) is 5.02 Å². The van der Waals surface area contributed by atoms with Crippen molar-refractivity contribution < 1.29 is 9.32 Å². The molecular weight excluding hydrogens is 388 g/mol. The minimum Gasteiger partial charge on any atom is -0.351 e. The number of pyridine rings is 1. The zero-order valence-corrected chi connectivity index (χ0v) is 16.8. The highest BCUT2D eigenvalue weighted by Crippen LogP contribution is 2.28. The molecule has 1 saturated heterocycles. The summed E-state index contributed by atoms with van der Waals surface area (Å²) < 4.78 is 5.29. The van der Waals surface area contributed by atoms with Gasteiger partial charge in [-0.25, -0.2) is 0 Å². The van der Waals surface area contributed by atoms with Crippen LogP contribution < -0.4 is 5.32 Å². The van der Waals surface area contributed by atoms with Gasteiger partial charge in [0.05, 0.1) is 17.9 Å². The van der Waals surface area contributed by atoms with E-state index in [2.05, 4.69) is 26.4 Å². The van der Waals surface area contributed by atoms with E-state index in [1.54, 1.807) is 12.3 Å². The van der Waals surface area contributed by atoms with E-state index in [1.807, 2.05) is 36.4 Å². The highest BCUT2D eigenvalue weighted by Gasteiger charge is 2.24. The van der Waals surface area contributed by atoms with Crippen molar-refractivity contribution in [2.75, 3.05) is 13.1 Å². The molecule has 1 aromatic carbocycles. The third kappa shape index (κ3) is 5.22. The van der Waals surface area contributed by atoms with Crippen LogP contribution in [0.4, 0.5) is 0 Å². The summed E-state index contributed by atoms with van der Waals surface area (Å²) in [6.45, 7) is 3.21. The largest absolute Gasteiger partial charge is 0.351 e. The number of rotatable bonds is 6. The van der Waals surface area contributed by atoms with Crippen molar-refractivity contribution in [1.29, 1.82) is 0 Å². The van der Waals surface area contributed by atoms with Gasteiger partial charge in [-0.1, -0.05) is 35.0 Å². The van der Waals surface area contributed by atoms with Crippen molar-refractivity contribution >= 4 is 17.5 Å². The van der Waals surface area contributed by atoms with Gasteiger partial charge >= 0.3 is 0 Å². The SMILES string of the molecule is O=C(NCc1ccccn1)c1cc(C2CCN(Cc3cccc(Cl)c3)CC2)no1. The van der Waals surface area contributed by atoms with Gasteiger partial charge in [-0.05, 0) is 55.8 Å². The van der Waals surface area contributed by atoms with Crippen molar-refractivity contribution in [3.63, 3.8) is 0 Å². The second-order valence-electron chi connectivity index (χ2n) is 7.30. The summed E-state index contributed by atoms with van der Waals surface area (Å²) in [5.41, 5.74) is 2.88. The Bertz CT molecular complexity index is 952. The molecule has 1 aliphatic rings. The number of hydrogen-bond donors (Lipinski definition) is 1. The number of halogens is 1. The fourth-order valence-corrected chi connectivity index (χ4v) is 3.84. The highest BCUT2D eigenvalue weighted by molar-refractivity contribution is 6.30. The molecular formula is C22H23ClN4O2. The number of likely N-dealkylation sites (tertiary alicyclic amines) is 1. The number of nitrogens with zero attached hydrogens (tertiary/aromatic N) is 3. The van der Waals surface area contributed by atoms with E-state index in [9.17, 15) is 4.79 Å². The van der Waals surface area contributed by atoms with Gasteiger partial charge in [0.1, 0.15) is 0 Å². The number of aromatic nitrogens is 2. The van der Waals surface area contributed by atoms with Crippen LogP contribution in [0.5, 0.6) is 0 Å². The average molecular weight is 411 g/mol. The Morgan fingerprint density at radius 3 is 2.79 bits per heavy atom. The van der Waals surface area contributed by atoms with Gasteiger partial charge in [0.15, 0.2) is 0 Å². The molecule has 0 bridgehead atoms. The number of carbonyl (C=O) groups is 1. The Morgan fingerprint density at radius 2 is 2.03 bits per heavy atom. The molecule has 0 unspecified atom stereocenters. The summed E-state index contributed by atoms with van der Waals surface area (Å²) in [6.07, 6.45) is 3.68. The van der Waals surface area contributed by atoms with Crippen LogP contribution in [0.25, 0.3) is 0 Å². The predicted molar refractivity (Wildman–Crippen MR) is 111 cm³/mol. The zero-order valence-electron chi connectivity index (χ0n) is 16.1. The molecule has 3 heterocycles. The minimum absolute atomic E-state index is 0.247. The van der Waals surface area contributed by atoms with Crippen LogP contribution in [0.15, 0.2) is 59.3 Å². The quantitative estimate of drug-likeness (QED) is 0.664. The summed E-state index contributed by atoms with van der Waals surface area (Å²) in [6, 6.07) is 15.4.